The normalized spacial score (nSPS) is 25.9. The molecule has 3 heteroatoms. The van der Waals surface area contributed by atoms with Crippen molar-refractivity contribution in [3.8, 4) is 0 Å². The summed E-state index contributed by atoms with van der Waals surface area (Å²) in [6.07, 6.45) is 1.20. The molecule has 60 valence electrons. The average molecular weight is 227 g/mol. The molecule has 0 aromatic rings. The van der Waals surface area contributed by atoms with Crippen molar-refractivity contribution in [2.24, 2.45) is 5.41 Å². The Morgan fingerprint density at radius 2 is 2.00 bits per heavy atom. The van der Waals surface area contributed by atoms with Crippen LogP contribution >= 0.6 is 0 Å². The zero-order valence-electron chi connectivity index (χ0n) is 8.15. The van der Waals surface area contributed by atoms with Gasteiger partial charge in [-0.2, -0.15) is 0 Å². The van der Waals surface area contributed by atoms with Gasteiger partial charge >= 0.3 is 58.2 Å². The summed E-state index contributed by atoms with van der Waals surface area (Å²) >= 11 is 0. The largest absolute Gasteiger partial charge is 1.00 e. The van der Waals surface area contributed by atoms with E-state index in [9.17, 15) is 0 Å². The Morgan fingerprint density at radius 1 is 1.36 bits per heavy atom. The first-order valence-corrected chi connectivity index (χ1v) is 3.97. The first-order valence-electron chi connectivity index (χ1n) is 3.97. The molecule has 1 aliphatic rings. The Bertz CT molecular complexity index is 103. The number of nitrogens with one attached hydrogen (secondary N) is 1. The van der Waals surface area contributed by atoms with Crippen LogP contribution in [-0.4, -0.2) is 19.3 Å². The van der Waals surface area contributed by atoms with Crippen LogP contribution in [0.2, 0.25) is 0 Å². The molecule has 1 fully saturated rings. The summed E-state index contributed by atoms with van der Waals surface area (Å²) in [6.45, 7) is 8.71. The van der Waals surface area contributed by atoms with Gasteiger partial charge in [-0.3, -0.25) is 0 Å². The van der Waals surface area contributed by atoms with Gasteiger partial charge in [-0.25, -0.2) is 0 Å². The molecule has 0 aliphatic carbocycles. The maximum absolute atomic E-state index is 4.23. The molecule has 2 nitrogen and oxygen atoms in total. The van der Waals surface area contributed by atoms with Crippen molar-refractivity contribution in [1.82, 2.24) is 5.32 Å². The second-order valence-corrected chi connectivity index (χ2v) is 4.02. The second kappa shape index (κ2) is 5.45. The van der Waals surface area contributed by atoms with Crippen molar-refractivity contribution >= 4 is 0 Å². The van der Waals surface area contributed by atoms with Gasteiger partial charge in [-0.15, -0.1) is 6.54 Å². The zero-order chi connectivity index (χ0) is 7.61. The maximum atomic E-state index is 4.23. The summed E-state index contributed by atoms with van der Waals surface area (Å²) in [6, 6.07) is 0.657. The first kappa shape index (κ1) is 12.7. The molecule has 1 atom stereocenters. The van der Waals surface area contributed by atoms with E-state index < -0.39 is 0 Å². The van der Waals surface area contributed by atoms with Crippen LogP contribution in [0.5, 0.6) is 0 Å². The minimum Gasteiger partial charge on any atom is -0.650 e. The van der Waals surface area contributed by atoms with E-state index in [0.29, 0.717) is 11.5 Å². The predicted molar refractivity (Wildman–Crippen MR) is 44.1 cm³/mol. The van der Waals surface area contributed by atoms with Crippen molar-refractivity contribution in [3.63, 3.8) is 0 Å². The Labute approximate surface area is 119 Å². The molecule has 11 heavy (non-hydrogen) atoms. The van der Waals surface area contributed by atoms with Gasteiger partial charge in [0.1, 0.15) is 0 Å². The molecular formula is C8H17N2Rb. The van der Waals surface area contributed by atoms with Crippen LogP contribution in [0.15, 0.2) is 0 Å². The van der Waals surface area contributed by atoms with Gasteiger partial charge in [-0.05, 0) is 5.41 Å². The molecule has 0 saturated carbocycles. The fourth-order valence-corrected chi connectivity index (χ4v) is 1.32. The Balaban J connectivity index is 0.000001000. The van der Waals surface area contributed by atoms with Gasteiger partial charge in [0.2, 0.25) is 0 Å². The SMILES string of the molecule is CC(C)(C)C1CC[N-]CN1.[Rb+]. The molecule has 0 aromatic heterocycles. The molecule has 1 unspecified atom stereocenters. The molecule has 0 spiro atoms. The molecule has 1 rings (SSSR count). The van der Waals surface area contributed by atoms with Crippen molar-refractivity contribution in [2.45, 2.75) is 33.2 Å². The van der Waals surface area contributed by atoms with Crippen molar-refractivity contribution in [1.29, 1.82) is 0 Å². The molecule has 0 amide bonds. The summed E-state index contributed by atoms with van der Waals surface area (Å²) in [5.41, 5.74) is 0.399. The summed E-state index contributed by atoms with van der Waals surface area (Å²) in [4.78, 5) is 0. The Hall–Kier alpha value is 1.73. The van der Waals surface area contributed by atoms with E-state index in [4.69, 9.17) is 0 Å². The summed E-state index contributed by atoms with van der Waals surface area (Å²) in [5.74, 6) is 0. The Morgan fingerprint density at radius 3 is 2.27 bits per heavy atom. The van der Waals surface area contributed by atoms with E-state index in [2.05, 4.69) is 31.4 Å². The quantitative estimate of drug-likeness (QED) is 0.548. The van der Waals surface area contributed by atoms with Crippen LogP contribution in [0.25, 0.3) is 5.32 Å². The zero-order valence-corrected chi connectivity index (χ0v) is 13.1. The number of hydrogen-bond acceptors (Lipinski definition) is 1. The minimum absolute atomic E-state index is 0. The molecular weight excluding hydrogens is 210 g/mol. The summed E-state index contributed by atoms with van der Waals surface area (Å²) in [7, 11) is 0. The Kier molecular flexibility index (Phi) is 6.31. The third kappa shape index (κ3) is 4.48. The fourth-order valence-electron chi connectivity index (χ4n) is 1.32. The maximum Gasteiger partial charge on any atom is 1.00 e. The van der Waals surface area contributed by atoms with E-state index in [-0.39, 0.29) is 58.2 Å². The minimum atomic E-state index is 0. The van der Waals surface area contributed by atoms with Gasteiger partial charge in [0.15, 0.2) is 0 Å². The van der Waals surface area contributed by atoms with Gasteiger partial charge in [0.05, 0.1) is 0 Å². The third-order valence-corrected chi connectivity index (χ3v) is 2.07. The summed E-state index contributed by atoms with van der Waals surface area (Å²) < 4.78 is 0. The number of rotatable bonds is 0. The fraction of sp³-hybridized carbons (Fsp3) is 1.00. The monoisotopic (exact) mass is 226 g/mol. The molecule has 1 heterocycles. The molecule has 1 N–H and O–H groups in total. The predicted octanol–water partition coefficient (Wildman–Crippen LogP) is -1.27. The molecule has 1 saturated heterocycles. The van der Waals surface area contributed by atoms with E-state index in [0.717, 1.165) is 13.2 Å². The molecule has 0 bridgehead atoms. The van der Waals surface area contributed by atoms with Crippen LogP contribution < -0.4 is 63.5 Å². The van der Waals surface area contributed by atoms with Gasteiger partial charge in [0, 0.05) is 6.04 Å². The van der Waals surface area contributed by atoms with Crippen molar-refractivity contribution < 1.29 is 58.2 Å². The van der Waals surface area contributed by atoms with Gasteiger partial charge < -0.3 is 10.6 Å². The first-order chi connectivity index (χ1) is 4.61. The smallest absolute Gasteiger partial charge is 0.650 e. The van der Waals surface area contributed by atoms with Crippen LogP contribution in [0.3, 0.4) is 0 Å². The van der Waals surface area contributed by atoms with Crippen LogP contribution in [0.4, 0.5) is 0 Å². The summed E-state index contributed by atoms with van der Waals surface area (Å²) in [5, 5.41) is 7.62. The van der Waals surface area contributed by atoms with E-state index in [1.54, 1.807) is 0 Å². The molecule has 0 aromatic carbocycles. The average Bonchev–Trinajstić information content (AvgIpc) is 1.88. The molecule has 1 aliphatic heterocycles. The van der Waals surface area contributed by atoms with E-state index in [1.165, 1.54) is 6.42 Å². The topological polar surface area (TPSA) is 26.1 Å². The van der Waals surface area contributed by atoms with Crippen molar-refractivity contribution in [3.05, 3.63) is 5.32 Å². The van der Waals surface area contributed by atoms with Gasteiger partial charge in [0.25, 0.3) is 0 Å². The van der Waals surface area contributed by atoms with Crippen molar-refractivity contribution in [2.75, 3.05) is 13.2 Å². The van der Waals surface area contributed by atoms with Crippen LogP contribution in [0, 0.1) is 5.41 Å². The van der Waals surface area contributed by atoms with E-state index >= 15 is 0 Å². The number of hydrogen-bond donors (Lipinski definition) is 1. The molecule has 0 radical (unpaired) electrons. The third-order valence-electron chi connectivity index (χ3n) is 2.07. The van der Waals surface area contributed by atoms with Gasteiger partial charge in [-0.1, -0.05) is 33.9 Å². The standard InChI is InChI=1S/C8H17N2.Rb/c1-8(2,3)7-4-5-9-6-10-7;/h7,10H,4-6H2,1-3H3;/q-1;+1. The van der Waals surface area contributed by atoms with E-state index in [1.807, 2.05) is 0 Å². The van der Waals surface area contributed by atoms with Crippen LogP contribution in [-0.2, 0) is 0 Å². The second-order valence-electron chi connectivity index (χ2n) is 4.02. The van der Waals surface area contributed by atoms with Crippen LogP contribution in [0.1, 0.15) is 27.2 Å². The number of nitrogens with zero attached hydrogens (tertiary/aromatic N) is 1.